The van der Waals surface area contributed by atoms with Gasteiger partial charge in [-0.15, -0.1) is 0 Å². The minimum Gasteiger partial charge on any atom is -0.321 e. The summed E-state index contributed by atoms with van der Waals surface area (Å²) >= 11 is 0. The third kappa shape index (κ3) is 1.06. The first-order valence-corrected chi connectivity index (χ1v) is 3.78. The van der Waals surface area contributed by atoms with Crippen LogP contribution in [-0.4, -0.2) is 4.57 Å². The zero-order valence-corrected chi connectivity index (χ0v) is 7.53. The predicted octanol–water partition coefficient (Wildman–Crippen LogP) is 2.65. The zero-order valence-electron chi connectivity index (χ0n) is 7.53. The third-order valence-electron chi connectivity index (χ3n) is 2.58. The predicted molar refractivity (Wildman–Crippen MR) is 44.5 cm³/mol. The molecule has 62 valence electrons. The summed E-state index contributed by atoms with van der Waals surface area (Å²) in [5.41, 5.74) is 4.50. The number of aromatic nitrogens is 1. The van der Waals surface area contributed by atoms with E-state index in [4.69, 9.17) is 0 Å². The molecule has 0 unspecified atom stereocenters. The lowest BCUT2D eigenvalue weighted by Gasteiger charge is -2.01. The molecule has 0 spiro atoms. The van der Waals surface area contributed by atoms with E-state index in [-0.39, 0.29) is 0 Å². The number of rotatable bonds is 1. The minimum atomic E-state index is -0.410. The number of hydrogen-bond donors (Lipinski definition) is 0. The maximum atomic E-state index is 12.4. The molecule has 0 fully saturated rings. The molecule has 0 aromatic carbocycles. The first-order valence-electron chi connectivity index (χ1n) is 3.78. The van der Waals surface area contributed by atoms with Crippen molar-refractivity contribution in [2.75, 3.05) is 0 Å². The zero-order chi connectivity index (χ0) is 8.59. The Balaban J connectivity index is 3.36. The largest absolute Gasteiger partial charge is 0.321 e. The SMILES string of the molecule is Cc1c(C)c(C)n(CF)c1C. The molecule has 0 aliphatic carbocycles. The van der Waals surface area contributed by atoms with Crippen molar-refractivity contribution in [1.29, 1.82) is 0 Å². The van der Waals surface area contributed by atoms with E-state index in [0.717, 1.165) is 11.4 Å². The Bertz CT molecular complexity index is 248. The molecule has 0 aliphatic heterocycles. The van der Waals surface area contributed by atoms with Gasteiger partial charge >= 0.3 is 0 Å². The highest BCUT2D eigenvalue weighted by molar-refractivity contribution is 5.34. The van der Waals surface area contributed by atoms with Crippen LogP contribution in [0.4, 0.5) is 4.39 Å². The van der Waals surface area contributed by atoms with Crippen molar-refractivity contribution in [1.82, 2.24) is 4.57 Å². The highest BCUT2D eigenvalue weighted by atomic mass is 19.1. The van der Waals surface area contributed by atoms with Crippen molar-refractivity contribution in [3.05, 3.63) is 22.5 Å². The Hall–Kier alpha value is -0.790. The van der Waals surface area contributed by atoms with Crippen molar-refractivity contribution >= 4 is 0 Å². The topological polar surface area (TPSA) is 4.93 Å². The number of hydrogen-bond acceptors (Lipinski definition) is 0. The molecule has 1 nitrogen and oxygen atoms in total. The van der Waals surface area contributed by atoms with Crippen LogP contribution in [0.25, 0.3) is 0 Å². The average Bonchev–Trinajstić information content (AvgIpc) is 2.17. The maximum Gasteiger partial charge on any atom is 0.165 e. The normalized spacial score (nSPS) is 10.6. The second kappa shape index (κ2) is 2.68. The van der Waals surface area contributed by atoms with Gasteiger partial charge in [0.15, 0.2) is 6.80 Å². The molecule has 1 aromatic heterocycles. The van der Waals surface area contributed by atoms with Crippen LogP contribution in [0.3, 0.4) is 0 Å². The van der Waals surface area contributed by atoms with Gasteiger partial charge in [0.25, 0.3) is 0 Å². The molecule has 0 saturated heterocycles. The first-order chi connectivity index (χ1) is 5.09. The Morgan fingerprint density at radius 2 is 1.36 bits per heavy atom. The van der Waals surface area contributed by atoms with Crippen LogP contribution in [0.1, 0.15) is 22.5 Å². The van der Waals surface area contributed by atoms with Crippen molar-refractivity contribution < 1.29 is 4.39 Å². The summed E-state index contributed by atoms with van der Waals surface area (Å²) in [5.74, 6) is 0. The Morgan fingerprint density at radius 3 is 1.55 bits per heavy atom. The second-order valence-corrected chi connectivity index (χ2v) is 2.97. The molecule has 0 radical (unpaired) electrons. The monoisotopic (exact) mass is 155 g/mol. The summed E-state index contributed by atoms with van der Waals surface area (Å²) in [5, 5.41) is 0. The Morgan fingerprint density at radius 1 is 1.00 bits per heavy atom. The molecule has 0 aliphatic rings. The van der Waals surface area contributed by atoms with E-state index < -0.39 is 6.80 Å². The molecular weight excluding hydrogens is 141 g/mol. The van der Waals surface area contributed by atoms with Gasteiger partial charge in [-0.25, -0.2) is 4.39 Å². The lowest BCUT2D eigenvalue weighted by atomic mass is 10.2. The third-order valence-corrected chi connectivity index (χ3v) is 2.58. The van der Waals surface area contributed by atoms with Gasteiger partial charge < -0.3 is 4.57 Å². The van der Waals surface area contributed by atoms with E-state index in [0.29, 0.717) is 0 Å². The molecule has 1 aromatic rings. The minimum absolute atomic E-state index is 0.410. The van der Waals surface area contributed by atoms with E-state index in [1.54, 1.807) is 4.57 Å². The van der Waals surface area contributed by atoms with Crippen LogP contribution in [-0.2, 0) is 6.80 Å². The molecule has 0 N–H and O–H groups in total. The number of alkyl halides is 1. The fourth-order valence-electron chi connectivity index (χ4n) is 1.38. The van der Waals surface area contributed by atoms with Crippen LogP contribution in [0.5, 0.6) is 0 Å². The van der Waals surface area contributed by atoms with Crippen LogP contribution >= 0.6 is 0 Å². The van der Waals surface area contributed by atoms with Crippen molar-refractivity contribution in [3.8, 4) is 0 Å². The van der Waals surface area contributed by atoms with Gasteiger partial charge in [-0.3, -0.25) is 0 Å². The molecule has 0 bridgehead atoms. The fourth-order valence-corrected chi connectivity index (χ4v) is 1.38. The van der Waals surface area contributed by atoms with E-state index in [1.165, 1.54) is 11.1 Å². The fraction of sp³-hybridized carbons (Fsp3) is 0.556. The van der Waals surface area contributed by atoms with Crippen LogP contribution < -0.4 is 0 Å². The summed E-state index contributed by atoms with van der Waals surface area (Å²) < 4.78 is 14.1. The number of nitrogens with zero attached hydrogens (tertiary/aromatic N) is 1. The molecule has 0 amide bonds. The van der Waals surface area contributed by atoms with Gasteiger partial charge in [-0.05, 0) is 38.8 Å². The summed E-state index contributed by atoms with van der Waals surface area (Å²) in [6.45, 7) is 7.56. The highest BCUT2D eigenvalue weighted by Gasteiger charge is 2.09. The molecule has 0 saturated carbocycles. The molecule has 2 heteroatoms. The van der Waals surface area contributed by atoms with Crippen LogP contribution in [0.2, 0.25) is 0 Å². The van der Waals surface area contributed by atoms with Crippen molar-refractivity contribution in [3.63, 3.8) is 0 Å². The average molecular weight is 155 g/mol. The van der Waals surface area contributed by atoms with E-state index in [2.05, 4.69) is 0 Å². The summed E-state index contributed by atoms with van der Waals surface area (Å²) in [4.78, 5) is 0. The van der Waals surface area contributed by atoms with Crippen molar-refractivity contribution in [2.45, 2.75) is 34.5 Å². The van der Waals surface area contributed by atoms with Gasteiger partial charge in [0, 0.05) is 11.4 Å². The highest BCUT2D eigenvalue weighted by Crippen LogP contribution is 2.19. The molecule has 0 atom stereocenters. The van der Waals surface area contributed by atoms with Gasteiger partial charge in [0.2, 0.25) is 0 Å². The molecule has 1 rings (SSSR count). The quantitative estimate of drug-likeness (QED) is 0.587. The lowest BCUT2D eigenvalue weighted by Crippen LogP contribution is -1.97. The smallest absolute Gasteiger partial charge is 0.165 e. The summed E-state index contributed by atoms with van der Waals surface area (Å²) in [7, 11) is 0. The van der Waals surface area contributed by atoms with Gasteiger partial charge in [-0.2, -0.15) is 0 Å². The summed E-state index contributed by atoms with van der Waals surface area (Å²) in [6.07, 6.45) is 0. The lowest BCUT2D eigenvalue weighted by molar-refractivity contribution is 0.368. The van der Waals surface area contributed by atoms with Gasteiger partial charge in [-0.1, -0.05) is 0 Å². The molecule has 11 heavy (non-hydrogen) atoms. The van der Waals surface area contributed by atoms with E-state index in [9.17, 15) is 4.39 Å². The summed E-state index contributed by atoms with van der Waals surface area (Å²) in [6, 6.07) is 0. The van der Waals surface area contributed by atoms with E-state index >= 15 is 0 Å². The van der Waals surface area contributed by atoms with Crippen LogP contribution in [0.15, 0.2) is 0 Å². The standard InChI is InChI=1S/C9H14FN/c1-6-7(2)9(4)11(5-10)8(6)3/h5H2,1-4H3. The molecular formula is C9H14FN. The molecule has 1 heterocycles. The second-order valence-electron chi connectivity index (χ2n) is 2.97. The van der Waals surface area contributed by atoms with Gasteiger partial charge in [0.05, 0.1) is 0 Å². The van der Waals surface area contributed by atoms with Gasteiger partial charge in [0.1, 0.15) is 0 Å². The Labute approximate surface area is 66.8 Å². The number of halogens is 1. The maximum absolute atomic E-state index is 12.4. The van der Waals surface area contributed by atoms with Crippen LogP contribution in [0, 0.1) is 27.7 Å². The van der Waals surface area contributed by atoms with E-state index in [1.807, 2.05) is 27.7 Å². The Kier molecular flexibility index (Phi) is 2.03. The first kappa shape index (κ1) is 8.31. The van der Waals surface area contributed by atoms with Crippen molar-refractivity contribution in [2.24, 2.45) is 0 Å².